The molecule has 2 amide bonds. The molecule has 11 heteroatoms. The first-order chi connectivity index (χ1) is 11.1. The number of carbonyl (C=O) groups is 1. The van der Waals surface area contributed by atoms with E-state index in [0.717, 1.165) is 12.3 Å². The smallest absolute Gasteiger partial charge is 0.306 e. The third-order valence-electron chi connectivity index (χ3n) is 2.77. The Morgan fingerprint density at radius 1 is 1.12 bits per heavy atom. The standard InChI is InChI=1S/C13H11F3N4O3S/c14-13(15,16)8-5-6-18-11(7-8)20-12(21)19-9-3-1-2-4-10(9)24(17,22)23/h1-7H,(H2,17,22,23)(H2,18,19,20,21). The van der Waals surface area contributed by atoms with Gasteiger partial charge in [-0.1, -0.05) is 12.1 Å². The van der Waals surface area contributed by atoms with E-state index in [1.165, 1.54) is 24.3 Å². The molecule has 0 atom stereocenters. The number of aromatic nitrogens is 1. The molecule has 1 aromatic carbocycles. The molecule has 0 aliphatic rings. The van der Waals surface area contributed by atoms with Gasteiger partial charge in [-0.05, 0) is 24.3 Å². The van der Waals surface area contributed by atoms with Crippen LogP contribution in [0.1, 0.15) is 5.56 Å². The molecule has 2 aromatic rings. The number of hydrogen-bond donors (Lipinski definition) is 3. The van der Waals surface area contributed by atoms with E-state index in [1.807, 2.05) is 0 Å². The van der Waals surface area contributed by atoms with Crippen LogP contribution >= 0.6 is 0 Å². The number of halogens is 3. The van der Waals surface area contributed by atoms with Crippen LogP contribution in [0.25, 0.3) is 0 Å². The van der Waals surface area contributed by atoms with Crippen LogP contribution in [0.4, 0.5) is 29.5 Å². The number of rotatable bonds is 3. The average Bonchev–Trinajstić information content (AvgIpc) is 2.46. The molecule has 0 saturated heterocycles. The summed E-state index contributed by atoms with van der Waals surface area (Å²) >= 11 is 0. The predicted molar refractivity (Wildman–Crippen MR) is 79.7 cm³/mol. The van der Waals surface area contributed by atoms with Crippen LogP contribution in [0.5, 0.6) is 0 Å². The number of primary sulfonamides is 1. The van der Waals surface area contributed by atoms with Gasteiger partial charge in [0.2, 0.25) is 10.0 Å². The number of carbonyl (C=O) groups excluding carboxylic acids is 1. The van der Waals surface area contributed by atoms with Crippen LogP contribution < -0.4 is 15.8 Å². The molecule has 1 aromatic heterocycles. The van der Waals surface area contributed by atoms with E-state index in [-0.39, 0.29) is 16.4 Å². The van der Waals surface area contributed by atoms with E-state index < -0.39 is 27.8 Å². The summed E-state index contributed by atoms with van der Waals surface area (Å²) in [6.45, 7) is 0. The Bertz CT molecular complexity index is 869. The quantitative estimate of drug-likeness (QED) is 0.780. The average molecular weight is 360 g/mol. The van der Waals surface area contributed by atoms with Crippen LogP contribution in [0.3, 0.4) is 0 Å². The minimum absolute atomic E-state index is 0.121. The molecule has 7 nitrogen and oxygen atoms in total. The van der Waals surface area contributed by atoms with Crippen molar-refractivity contribution < 1.29 is 26.4 Å². The fourth-order valence-corrected chi connectivity index (χ4v) is 2.46. The highest BCUT2D eigenvalue weighted by molar-refractivity contribution is 7.89. The molecule has 0 bridgehead atoms. The zero-order chi connectivity index (χ0) is 18.0. The second-order valence-corrected chi connectivity index (χ2v) is 6.08. The summed E-state index contributed by atoms with van der Waals surface area (Å²) < 4.78 is 60.6. The minimum Gasteiger partial charge on any atom is -0.306 e. The third kappa shape index (κ3) is 4.43. The first-order valence-electron chi connectivity index (χ1n) is 6.30. The van der Waals surface area contributed by atoms with Crippen LogP contribution in [0.2, 0.25) is 0 Å². The maximum Gasteiger partial charge on any atom is 0.416 e. The maximum atomic E-state index is 12.6. The van der Waals surface area contributed by atoms with Crippen molar-refractivity contribution in [3.63, 3.8) is 0 Å². The lowest BCUT2D eigenvalue weighted by molar-refractivity contribution is -0.137. The zero-order valence-electron chi connectivity index (χ0n) is 11.8. The molecule has 0 spiro atoms. The highest BCUT2D eigenvalue weighted by atomic mass is 32.2. The number of para-hydroxylation sites is 1. The van der Waals surface area contributed by atoms with Crippen molar-refractivity contribution in [2.45, 2.75) is 11.1 Å². The van der Waals surface area contributed by atoms with Gasteiger partial charge < -0.3 is 5.32 Å². The molecule has 0 aliphatic heterocycles. The number of alkyl halides is 3. The lowest BCUT2D eigenvalue weighted by Crippen LogP contribution is -2.23. The summed E-state index contributed by atoms with van der Waals surface area (Å²) in [6.07, 6.45) is -3.70. The van der Waals surface area contributed by atoms with Gasteiger partial charge >= 0.3 is 12.2 Å². The second kappa shape index (κ2) is 6.45. The number of amides is 2. The van der Waals surface area contributed by atoms with Crippen LogP contribution in [-0.4, -0.2) is 19.4 Å². The summed E-state index contributed by atoms with van der Waals surface area (Å²) in [5.41, 5.74) is -1.11. The summed E-state index contributed by atoms with van der Waals surface area (Å²) in [5, 5.41) is 9.29. The largest absolute Gasteiger partial charge is 0.416 e. The Kier molecular flexibility index (Phi) is 4.76. The number of nitrogens with one attached hydrogen (secondary N) is 2. The Morgan fingerprint density at radius 2 is 1.79 bits per heavy atom. The van der Waals surface area contributed by atoms with Gasteiger partial charge in [0.25, 0.3) is 0 Å². The van der Waals surface area contributed by atoms with Crippen molar-refractivity contribution in [1.82, 2.24) is 4.98 Å². The fraction of sp³-hybridized carbons (Fsp3) is 0.0769. The van der Waals surface area contributed by atoms with E-state index in [2.05, 4.69) is 15.6 Å². The van der Waals surface area contributed by atoms with Gasteiger partial charge in [-0.15, -0.1) is 0 Å². The fourth-order valence-electron chi connectivity index (χ4n) is 1.76. The first kappa shape index (κ1) is 17.7. The second-order valence-electron chi connectivity index (χ2n) is 4.55. The monoisotopic (exact) mass is 360 g/mol. The zero-order valence-corrected chi connectivity index (χ0v) is 12.6. The number of nitrogens with two attached hydrogens (primary N) is 1. The van der Waals surface area contributed by atoms with E-state index in [9.17, 15) is 26.4 Å². The van der Waals surface area contributed by atoms with Crippen LogP contribution in [0, 0.1) is 0 Å². The van der Waals surface area contributed by atoms with Crippen molar-refractivity contribution in [2.24, 2.45) is 5.14 Å². The summed E-state index contributed by atoms with van der Waals surface area (Å²) in [5.74, 6) is -0.351. The Morgan fingerprint density at radius 3 is 2.42 bits per heavy atom. The Balaban J connectivity index is 2.19. The van der Waals surface area contributed by atoms with Crippen molar-refractivity contribution in [2.75, 3.05) is 10.6 Å². The molecular formula is C13H11F3N4O3S. The lowest BCUT2D eigenvalue weighted by Gasteiger charge is -2.11. The van der Waals surface area contributed by atoms with E-state index >= 15 is 0 Å². The molecule has 0 radical (unpaired) electrons. The lowest BCUT2D eigenvalue weighted by atomic mass is 10.2. The molecule has 0 aliphatic carbocycles. The number of nitrogens with zero attached hydrogens (tertiary/aromatic N) is 1. The number of benzene rings is 1. The highest BCUT2D eigenvalue weighted by Gasteiger charge is 2.30. The van der Waals surface area contributed by atoms with Gasteiger partial charge in [-0.25, -0.2) is 23.3 Å². The van der Waals surface area contributed by atoms with Gasteiger partial charge in [0.15, 0.2) is 0 Å². The molecule has 24 heavy (non-hydrogen) atoms. The minimum atomic E-state index is -4.59. The van der Waals surface area contributed by atoms with Crippen molar-refractivity contribution in [3.05, 3.63) is 48.2 Å². The highest BCUT2D eigenvalue weighted by Crippen LogP contribution is 2.30. The molecule has 0 fully saturated rings. The topological polar surface area (TPSA) is 114 Å². The normalized spacial score (nSPS) is 11.8. The van der Waals surface area contributed by atoms with Gasteiger partial charge in [-0.2, -0.15) is 13.2 Å². The van der Waals surface area contributed by atoms with Gasteiger partial charge in [0.05, 0.1) is 11.3 Å². The summed E-state index contributed by atoms with van der Waals surface area (Å²) in [6, 6.07) is 5.72. The number of hydrogen-bond acceptors (Lipinski definition) is 4. The van der Waals surface area contributed by atoms with E-state index in [1.54, 1.807) is 0 Å². The van der Waals surface area contributed by atoms with Crippen molar-refractivity contribution >= 4 is 27.6 Å². The van der Waals surface area contributed by atoms with E-state index in [0.29, 0.717) is 6.07 Å². The third-order valence-corrected chi connectivity index (χ3v) is 3.74. The van der Waals surface area contributed by atoms with Gasteiger partial charge in [0, 0.05) is 6.20 Å². The summed E-state index contributed by atoms with van der Waals surface area (Å²) in [7, 11) is -4.08. The van der Waals surface area contributed by atoms with Gasteiger partial charge in [-0.3, -0.25) is 5.32 Å². The number of anilines is 2. The Labute approximate surface area is 134 Å². The SMILES string of the molecule is NS(=O)(=O)c1ccccc1NC(=O)Nc1cc(C(F)(F)F)ccn1. The molecule has 0 unspecified atom stereocenters. The molecule has 128 valence electrons. The number of pyridine rings is 1. The molecule has 4 N–H and O–H groups in total. The summed E-state index contributed by atoms with van der Waals surface area (Å²) in [4.78, 5) is 15.1. The number of urea groups is 1. The maximum absolute atomic E-state index is 12.6. The molecule has 0 saturated carbocycles. The molecular weight excluding hydrogens is 349 g/mol. The van der Waals surface area contributed by atoms with Crippen LogP contribution in [-0.2, 0) is 16.2 Å². The predicted octanol–water partition coefficient (Wildman–Crippen LogP) is 2.39. The first-order valence-corrected chi connectivity index (χ1v) is 7.85. The van der Waals surface area contributed by atoms with Crippen LogP contribution in [0.15, 0.2) is 47.5 Å². The van der Waals surface area contributed by atoms with Gasteiger partial charge in [0.1, 0.15) is 10.7 Å². The Hall–Kier alpha value is -2.66. The van der Waals surface area contributed by atoms with Crippen molar-refractivity contribution in [1.29, 1.82) is 0 Å². The van der Waals surface area contributed by atoms with E-state index in [4.69, 9.17) is 5.14 Å². The molecule has 1 heterocycles. The van der Waals surface area contributed by atoms with Crippen molar-refractivity contribution in [3.8, 4) is 0 Å². The number of sulfonamides is 1. The molecule has 2 rings (SSSR count).